The molecule has 0 heterocycles. The fraction of sp³-hybridized carbons (Fsp3) is 0.611. The Bertz CT molecular complexity index is 745. The summed E-state index contributed by atoms with van der Waals surface area (Å²) < 4.78 is 48.7. The van der Waals surface area contributed by atoms with E-state index in [1.54, 1.807) is 0 Å². The summed E-state index contributed by atoms with van der Waals surface area (Å²) in [6.07, 6.45) is 7.57. The molecule has 0 atom stereocenters. The Morgan fingerprint density at radius 3 is 2.46 bits per heavy atom. The minimum absolute atomic E-state index is 0.192. The Kier molecular flexibility index (Phi) is 5.79. The van der Waals surface area contributed by atoms with Crippen LogP contribution in [0.3, 0.4) is 0 Å². The zero-order valence-corrected chi connectivity index (χ0v) is 15.4. The number of amides is 2. The van der Waals surface area contributed by atoms with E-state index in [0.29, 0.717) is 12.5 Å². The molecule has 2 saturated carbocycles. The van der Waals surface area contributed by atoms with Crippen molar-refractivity contribution in [3.05, 3.63) is 24.3 Å². The van der Waals surface area contributed by atoms with Gasteiger partial charge in [0.05, 0.1) is 4.90 Å². The van der Waals surface area contributed by atoms with Gasteiger partial charge < -0.3 is 10.2 Å². The van der Waals surface area contributed by atoms with Crippen molar-refractivity contribution in [2.45, 2.75) is 61.6 Å². The highest BCUT2D eigenvalue weighted by atomic mass is 32.2. The van der Waals surface area contributed by atoms with E-state index in [9.17, 15) is 22.0 Å². The molecule has 2 aliphatic rings. The molecule has 0 radical (unpaired) electrons. The fourth-order valence-corrected chi connectivity index (χ4v) is 4.18. The smallest absolute Gasteiger partial charge is 0.321 e. The summed E-state index contributed by atoms with van der Waals surface area (Å²) in [7, 11) is -4.68. The van der Waals surface area contributed by atoms with E-state index in [4.69, 9.17) is 0 Å². The number of nitrogens with zero attached hydrogens (tertiary/aromatic N) is 1. The third-order valence-electron chi connectivity index (χ3n) is 5.08. The largest absolute Gasteiger partial charge is 0.341 e. The molecule has 2 amide bonds. The molecular weight excluding hydrogens is 362 g/mol. The van der Waals surface area contributed by atoms with Crippen molar-refractivity contribution in [1.82, 2.24) is 4.90 Å². The normalized spacial score (nSPS) is 18.7. The number of anilines is 1. The number of halogens is 2. The minimum atomic E-state index is -4.68. The highest BCUT2D eigenvalue weighted by Crippen LogP contribution is 2.33. The maximum absolute atomic E-state index is 12.8. The van der Waals surface area contributed by atoms with Gasteiger partial charge in [-0.15, -0.1) is 0 Å². The van der Waals surface area contributed by atoms with Gasteiger partial charge in [-0.1, -0.05) is 25.3 Å². The molecule has 2 fully saturated rings. The highest BCUT2D eigenvalue weighted by Gasteiger charge is 2.32. The number of carbonyl (C=O) groups excluding carboxylic acids is 1. The Hall–Kier alpha value is -1.70. The average molecular weight is 386 g/mol. The lowest BCUT2D eigenvalue weighted by molar-refractivity contribution is 0.163. The monoisotopic (exact) mass is 386 g/mol. The molecule has 0 aromatic heterocycles. The summed E-state index contributed by atoms with van der Waals surface area (Å²) in [6.45, 7) is 0.700. The van der Waals surface area contributed by atoms with Crippen LogP contribution in [0, 0.1) is 5.92 Å². The molecule has 0 spiro atoms. The number of nitrogens with one attached hydrogen (secondary N) is 1. The van der Waals surface area contributed by atoms with E-state index in [0.717, 1.165) is 50.7 Å². The lowest BCUT2D eigenvalue weighted by Gasteiger charge is -2.34. The van der Waals surface area contributed by atoms with Gasteiger partial charge in [-0.25, -0.2) is 13.2 Å². The topological polar surface area (TPSA) is 66.5 Å². The Morgan fingerprint density at radius 1 is 1.15 bits per heavy atom. The summed E-state index contributed by atoms with van der Waals surface area (Å²) in [5.74, 6) is -2.95. The lowest BCUT2D eigenvalue weighted by Crippen LogP contribution is -2.45. The Labute approximate surface area is 152 Å². The molecule has 2 aliphatic carbocycles. The van der Waals surface area contributed by atoms with E-state index in [-0.39, 0.29) is 17.8 Å². The quantitative estimate of drug-likeness (QED) is 0.794. The number of alkyl halides is 2. The van der Waals surface area contributed by atoms with Gasteiger partial charge in [0.25, 0.3) is 0 Å². The molecule has 1 aromatic carbocycles. The molecule has 144 valence electrons. The van der Waals surface area contributed by atoms with E-state index in [1.807, 2.05) is 4.90 Å². The van der Waals surface area contributed by atoms with Crippen molar-refractivity contribution in [1.29, 1.82) is 0 Å². The first-order valence-electron chi connectivity index (χ1n) is 9.07. The van der Waals surface area contributed by atoms with E-state index >= 15 is 0 Å². The lowest BCUT2D eigenvalue weighted by atomic mass is 9.94. The van der Waals surface area contributed by atoms with Crippen molar-refractivity contribution < 1.29 is 22.0 Å². The van der Waals surface area contributed by atoms with Crippen LogP contribution in [-0.2, 0) is 9.84 Å². The number of hydrogen-bond acceptors (Lipinski definition) is 3. The molecule has 1 N–H and O–H groups in total. The second-order valence-corrected chi connectivity index (χ2v) is 9.07. The highest BCUT2D eigenvalue weighted by molar-refractivity contribution is 7.91. The van der Waals surface area contributed by atoms with Gasteiger partial charge in [-0.3, -0.25) is 0 Å². The van der Waals surface area contributed by atoms with Gasteiger partial charge in [0, 0.05) is 18.3 Å². The van der Waals surface area contributed by atoms with Crippen molar-refractivity contribution in [2.24, 2.45) is 5.92 Å². The van der Waals surface area contributed by atoms with Crippen LogP contribution in [0.2, 0.25) is 0 Å². The van der Waals surface area contributed by atoms with E-state index < -0.39 is 20.5 Å². The predicted octanol–water partition coefficient (Wildman–Crippen LogP) is 4.26. The number of hydrogen-bond donors (Lipinski definition) is 1. The fourth-order valence-electron chi connectivity index (χ4n) is 3.42. The second kappa shape index (κ2) is 7.90. The van der Waals surface area contributed by atoms with Crippen LogP contribution in [0.5, 0.6) is 0 Å². The summed E-state index contributed by atoms with van der Waals surface area (Å²) in [5, 5.41) is 2.70. The third-order valence-corrected chi connectivity index (χ3v) is 6.46. The molecule has 0 saturated heterocycles. The molecule has 0 bridgehead atoms. The van der Waals surface area contributed by atoms with Crippen LogP contribution >= 0.6 is 0 Å². The number of sulfone groups is 1. The first-order valence-corrected chi connectivity index (χ1v) is 10.6. The maximum Gasteiger partial charge on any atom is 0.341 e. The molecule has 8 heteroatoms. The summed E-state index contributed by atoms with van der Waals surface area (Å²) in [6, 6.07) is 4.98. The first-order chi connectivity index (χ1) is 12.4. The molecule has 26 heavy (non-hydrogen) atoms. The zero-order chi connectivity index (χ0) is 18.7. The van der Waals surface area contributed by atoms with E-state index in [2.05, 4.69) is 5.32 Å². The molecule has 0 unspecified atom stereocenters. The van der Waals surface area contributed by atoms with Crippen LogP contribution in [0.25, 0.3) is 0 Å². The van der Waals surface area contributed by atoms with Crippen molar-refractivity contribution in [3.63, 3.8) is 0 Å². The molecule has 0 aliphatic heterocycles. The van der Waals surface area contributed by atoms with Gasteiger partial charge in [-0.2, -0.15) is 8.78 Å². The van der Waals surface area contributed by atoms with Crippen molar-refractivity contribution in [3.8, 4) is 0 Å². The van der Waals surface area contributed by atoms with E-state index in [1.165, 1.54) is 18.6 Å². The third kappa shape index (κ3) is 4.52. The summed E-state index contributed by atoms with van der Waals surface area (Å²) >= 11 is 0. The number of rotatable bonds is 6. The Balaban J connectivity index is 1.74. The van der Waals surface area contributed by atoms with Gasteiger partial charge in [0.15, 0.2) is 0 Å². The van der Waals surface area contributed by atoms with Gasteiger partial charge >= 0.3 is 11.8 Å². The van der Waals surface area contributed by atoms with Gasteiger partial charge in [0.2, 0.25) is 9.84 Å². The van der Waals surface area contributed by atoms with Crippen LogP contribution in [0.4, 0.5) is 19.3 Å². The van der Waals surface area contributed by atoms with Gasteiger partial charge in [0.1, 0.15) is 0 Å². The molecular formula is C18H24F2N2O3S. The number of benzene rings is 1. The van der Waals surface area contributed by atoms with Crippen LogP contribution in [0.1, 0.15) is 44.9 Å². The zero-order valence-electron chi connectivity index (χ0n) is 14.5. The predicted molar refractivity (Wildman–Crippen MR) is 95.0 cm³/mol. The first kappa shape index (κ1) is 19.1. The minimum Gasteiger partial charge on any atom is -0.321 e. The molecule has 5 nitrogen and oxygen atoms in total. The summed E-state index contributed by atoms with van der Waals surface area (Å²) in [4.78, 5) is 14.2. The van der Waals surface area contributed by atoms with Crippen LogP contribution in [0.15, 0.2) is 29.2 Å². The van der Waals surface area contributed by atoms with Crippen molar-refractivity contribution in [2.75, 3.05) is 11.9 Å². The van der Waals surface area contributed by atoms with Gasteiger partial charge in [-0.05, 0) is 49.8 Å². The number of carbonyl (C=O) groups is 1. The standard InChI is InChI=1S/C18H24F2N2O3S/c19-17(20)26(24,25)16-8-4-5-14(11-16)21-18(23)22(12-13-9-10-13)15-6-2-1-3-7-15/h4-5,8,11,13,15,17H,1-3,6-7,9-10,12H2,(H,21,23). The van der Waals surface area contributed by atoms with Crippen molar-refractivity contribution >= 4 is 21.6 Å². The molecule has 3 rings (SSSR count). The maximum atomic E-state index is 12.8. The average Bonchev–Trinajstić information content (AvgIpc) is 3.44. The number of urea groups is 1. The van der Waals surface area contributed by atoms with Crippen LogP contribution in [-0.4, -0.2) is 37.7 Å². The van der Waals surface area contributed by atoms with Crippen LogP contribution < -0.4 is 5.32 Å². The molecule has 1 aromatic rings. The summed E-state index contributed by atoms with van der Waals surface area (Å²) in [5.41, 5.74) is 0.216. The second-order valence-electron chi connectivity index (χ2n) is 7.15. The Morgan fingerprint density at radius 2 is 1.85 bits per heavy atom. The SMILES string of the molecule is O=C(Nc1cccc(S(=O)(=O)C(F)F)c1)N(CC1CC1)C1CCCCC1.